The van der Waals surface area contributed by atoms with Crippen LogP contribution < -0.4 is 15.5 Å². The zero-order valence-electron chi connectivity index (χ0n) is 21.1. The van der Waals surface area contributed by atoms with E-state index < -0.39 is 24.5 Å². The predicted octanol–water partition coefficient (Wildman–Crippen LogP) is 4.14. The Morgan fingerprint density at radius 2 is 1.95 bits per heavy atom. The van der Waals surface area contributed by atoms with Crippen LogP contribution in [0, 0.1) is 12.8 Å². The first kappa shape index (κ1) is 27.0. The number of nitrogens with one attached hydrogen (secondary N) is 2. The fourth-order valence-electron chi connectivity index (χ4n) is 4.65. The number of nitrogens with zero attached hydrogens (tertiary/aromatic N) is 3. The van der Waals surface area contributed by atoms with E-state index in [2.05, 4.69) is 15.5 Å². The van der Waals surface area contributed by atoms with Crippen molar-refractivity contribution in [3.8, 4) is 11.1 Å². The van der Waals surface area contributed by atoms with Crippen LogP contribution in [0.4, 0.5) is 35.3 Å². The van der Waals surface area contributed by atoms with E-state index >= 15 is 0 Å². The van der Waals surface area contributed by atoms with Gasteiger partial charge in [0.2, 0.25) is 0 Å². The number of ether oxygens (including phenoxy) is 1. The van der Waals surface area contributed by atoms with Crippen LogP contribution in [0.5, 0.6) is 0 Å². The number of hydrogen-bond acceptors (Lipinski definition) is 6. The fraction of sp³-hybridized carbons (Fsp3) is 0.538. The topological polar surface area (TPSA) is 90.0 Å². The number of benzene rings is 1. The molecule has 0 saturated carbocycles. The average Bonchev–Trinajstić information content (AvgIpc) is 3.40. The summed E-state index contributed by atoms with van der Waals surface area (Å²) >= 11 is 0. The van der Waals surface area contributed by atoms with E-state index in [1.165, 1.54) is 4.90 Å². The third-order valence-electron chi connectivity index (χ3n) is 6.82. The van der Waals surface area contributed by atoms with Crippen molar-refractivity contribution < 1.29 is 27.8 Å². The molecule has 3 unspecified atom stereocenters. The van der Waals surface area contributed by atoms with Gasteiger partial charge in [-0.1, -0.05) is 6.07 Å². The summed E-state index contributed by atoms with van der Waals surface area (Å²) in [7, 11) is 0. The summed E-state index contributed by atoms with van der Waals surface area (Å²) in [6.45, 7) is 6.62. The lowest BCUT2D eigenvalue weighted by molar-refractivity contribution is 0.0192. The summed E-state index contributed by atoms with van der Waals surface area (Å²) in [4.78, 5) is 21.1. The standard InChI is InChI=1S/C26H34F3N5O3/c1-16-3-4-20(31-26(36)34-6-5-18(14-34)24(27)25(28)29)13-21(16)19-11-22(30-17(2)15-35)32-23(12-19)33-7-9-37-10-8-33/h3-4,11-13,17-18,24-25,35H,5-10,14-15H2,1-2H3,(H,30,32)(H,31,36). The van der Waals surface area contributed by atoms with Crippen LogP contribution in [0.2, 0.25) is 0 Å². The lowest BCUT2D eigenvalue weighted by Gasteiger charge is -2.29. The van der Waals surface area contributed by atoms with E-state index in [0.717, 1.165) is 22.5 Å². The molecular weight excluding hydrogens is 487 g/mol. The van der Waals surface area contributed by atoms with Crippen LogP contribution >= 0.6 is 0 Å². The number of morpholine rings is 1. The molecule has 11 heteroatoms. The number of halogens is 3. The monoisotopic (exact) mass is 521 g/mol. The van der Waals surface area contributed by atoms with Gasteiger partial charge in [0.05, 0.1) is 19.8 Å². The molecule has 3 atom stereocenters. The van der Waals surface area contributed by atoms with Crippen LogP contribution in [0.1, 0.15) is 18.9 Å². The largest absolute Gasteiger partial charge is 0.394 e. The number of aliphatic hydroxyl groups is 1. The first-order valence-electron chi connectivity index (χ1n) is 12.6. The van der Waals surface area contributed by atoms with Crippen LogP contribution in [0.15, 0.2) is 30.3 Å². The number of aromatic nitrogens is 1. The van der Waals surface area contributed by atoms with Gasteiger partial charge in [0.1, 0.15) is 11.6 Å². The molecule has 2 aliphatic rings. The van der Waals surface area contributed by atoms with Gasteiger partial charge in [-0.15, -0.1) is 0 Å². The van der Waals surface area contributed by atoms with Gasteiger partial charge in [0.15, 0.2) is 6.17 Å². The lowest BCUT2D eigenvalue weighted by atomic mass is 10.00. The Kier molecular flexibility index (Phi) is 8.75. The number of alkyl halides is 3. The van der Waals surface area contributed by atoms with Crippen LogP contribution in [-0.2, 0) is 4.74 Å². The van der Waals surface area contributed by atoms with Gasteiger partial charge in [-0.25, -0.2) is 22.9 Å². The number of pyridine rings is 1. The van der Waals surface area contributed by atoms with Crippen LogP contribution in [0.3, 0.4) is 0 Å². The Labute approximate surface area is 214 Å². The molecule has 2 aromatic rings. The van der Waals surface area contributed by atoms with Gasteiger partial charge in [-0.05, 0) is 61.2 Å². The van der Waals surface area contributed by atoms with Gasteiger partial charge in [-0.3, -0.25) is 0 Å². The quantitative estimate of drug-likeness (QED) is 0.484. The van der Waals surface area contributed by atoms with Gasteiger partial charge in [-0.2, -0.15) is 0 Å². The Bertz CT molecular complexity index is 1080. The number of carbonyl (C=O) groups excluding carboxylic acids is 1. The number of urea groups is 1. The van der Waals surface area contributed by atoms with Crippen molar-refractivity contribution in [1.29, 1.82) is 0 Å². The van der Waals surface area contributed by atoms with E-state index in [1.54, 1.807) is 6.07 Å². The van der Waals surface area contributed by atoms with E-state index in [-0.39, 0.29) is 32.2 Å². The third kappa shape index (κ3) is 6.64. The molecule has 2 amide bonds. The van der Waals surface area contributed by atoms with Crippen LogP contribution in [-0.4, -0.2) is 85.7 Å². The molecule has 4 rings (SSSR count). The second-order valence-corrected chi connectivity index (χ2v) is 9.66. The maximum Gasteiger partial charge on any atom is 0.321 e. The second kappa shape index (κ2) is 12.0. The highest BCUT2D eigenvalue weighted by molar-refractivity contribution is 5.91. The summed E-state index contributed by atoms with van der Waals surface area (Å²) in [5.41, 5.74) is 3.30. The number of amides is 2. The summed E-state index contributed by atoms with van der Waals surface area (Å²) in [6, 6.07) is 8.79. The molecule has 3 heterocycles. The predicted molar refractivity (Wildman–Crippen MR) is 137 cm³/mol. The van der Waals surface area contributed by atoms with Crippen molar-refractivity contribution in [3.63, 3.8) is 0 Å². The minimum absolute atomic E-state index is 0.0403. The van der Waals surface area contributed by atoms with Crippen molar-refractivity contribution in [2.24, 2.45) is 5.92 Å². The molecule has 202 valence electrons. The molecule has 3 N–H and O–H groups in total. The van der Waals surface area contributed by atoms with Crippen molar-refractivity contribution in [2.45, 2.75) is 38.9 Å². The van der Waals surface area contributed by atoms with Gasteiger partial charge < -0.3 is 30.3 Å². The van der Waals surface area contributed by atoms with Gasteiger partial charge >= 0.3 is 6.03 Å². The molecule has 0 aliphatic carbocycles. The van der Waals surface area contributed by atoms with Crippen molar-refractivity contribution in [2.75, 3.05) is 61.5 Å². The van der Waals surface area contributed by atoms with Crippen molar-refractivity contribution in [3.05, 3.63) is 35.9 Å². The van der Waals surface area contributed by atoms with Crippen molar-refractivity contribution in [1.82, 2.24) is 9.88 Å². The average molecular weight is 522 g/mol. The van der Waals surface area contributed by atoms with E-state index in [1.807, 2.05) is 38.1 Å². The number of anilines is 3. The Balaban J connectivity index is 1.56. The number of aliphatic hydroxyl groups excluding tert-OH is 1. The first-order chi connectivity index (χ1) is 17.7. The number of rotatable bonds is 8. The highest BCUT2D eigenvalue weighted by Crippen LogP contribution is 2.32. The van der Waals surface area contributed by atoms with Crippen molar-refractivity contribution >= 4 is 23.4 Å². The molecule has 0 bridgehead atoms. The molecule has 0 spiro atoms. The highest BCUT2D eigenvalue weighted by Gasteiger charge is 2.36. The maximum absolute atomic E-state index is 13.7. The number of carbonyl (C=O) groups is 1. The fourth-order valence-corrected chi connectivity index (χ4v) is 4.65. The van der Waals surface area contributed by atoms with Gasteiger partial charge in [0, 0.05) is 43.8 Å². The van der Waals surface area contributed by atoms with E-state index in [9.17, 15) is 23.1 Å². The molecular formula is C26H34F3N5O3. The zero-order valence-corrected chi connectivity index (χ0v) is 21.1. The second-order valence-electron chi connectivity index (χ2n) is 9.66. The summed E-state index contributed by atoms with van der Waals surface area (Å²) in [5.74, 6) is 0.546. The first-order valence-corrected chi connectivity index (χ1v) is 12.6. The van der Waals surface area contributed by atoms with E-state index in [4.69, 9.17) is 9.72 Å². The number of aryl methyl sites for hydroxylation is 1. The third-order valence-corrected chi connectivity index (χ3v) is 6.82. The maximum atomic E-state index is 13.7. The normalized spacial score (nSPS) is 19.7. The van der Waals surface area contributed by atoms with Gasteiger partial charge in [0.25, 0.3) is 6.43 Å². The molecule has 2 aliphatic heterocycles. The molecule has 0 radical (unpaired) electrons. The van der Waals surface area contributed by atoms with E-state index in [0.29, 0.717) is 37.8 Å². The SMILES string of the molecule is Cc1ccc(NC(=O)N2CCC(C(F)C(F)F)C2)cc1-c1cc(NC(C)CO)nc(N2CCOCC2)c1. The number of likely N-dealkylation sites (tertiary alicyclic amines) is 1. The lowest BCUT2D eigenvalue weighted by Crippen LogP contribution is -2.37. The highest BCUT2D eigenvalue weighted by atomic mass is 19.3. The molecule has 1 aromatic carbocycles. The Morgan fingerprint density at radius 3 is 2.65 bits per heavy atom. The summed E-state index contributed by atoms with van der Waals surface area (Å²) in [5, 5.41) is 15.6. The minimum atomic E-state index is -3.05. The molecule has 2 saturated heterocycles. The zero-order chi connectivity index (χ0) is 26.5. The Hall–Kier alpha value is -3.05. The van der Waals surface area contributed by atoms with Crippen LogP contribution in [0.25, 0.3) is 11.1 Å². The molecule has 37 heavy (non-hydrogen) atoms. The summed E-state index contributed by atoms with van der Waals surface area (Å²) in [6.07, 6.45) is -5.07. The minimum Gasteiger partial charge on any atom is -0.394 e. The molecule has 8 nitrogen and oxygen atoms in total. The number of hydrogen-bond donors (Lipinski definition) is 3. The molecule has 1 aromatic heterocycles. The summed E-state index contributed by atoms with van der Waals surface area (Å²) < 4.78 is 44.7. The molecule has 2 fully saturated rings. The Morgan fingerprint density at radius 1 is 1.19 bits per heavy atom. The smallest absolute Gasteiger partial charge is 0.321 e.